The number of hydrogen-bond acceptors (Lipinski definition) is 4. The van der Waals surface area contributed by atoms with Crippen molar-refractivity contribution in [2.45, 2.75) is 40.5 Å². The summed E-state index contributed by atoms with van der Waals surface area (Å²) in [6.45, 7) is 18.3. The van der Waals surface area contributed by atoms with Gasteiger partial charge in [-0.25, -0.2) is 9.37 Å². The maximum atomic E-state index is 13.9. The number of anilines is 1. The zero-order chi connectivity index (χ0) is 28.2. The fraction of sp³-hybridized carbons (Fsp3) is 0.265. The van der Waals surface area contributed by atoms with Crippen LogP contribution in [0.2, 0.25) is 0 Å². The van der Waals surface area contributed by atoms with Gasteiger partial charge in [0.15, 0.2) is 5.13 Å². The van der Waals surface area contributed by atoms with Gasteiger partial charge < -0.3 is 10.2 Å². The maximum absolute atomic E-state index is 13.9. The van der Waals surface area contributed by atoms with E-state index in [4.69, 9.17) is 4.98 Å². The average Bonchev–Trinajstić information content (AvgIpc) is 3.41. The monoisotopic (exact) mass is 541 g/mol. The first-order valence-corrected chi connectivity index (χ1v) is 14.3. The van der Waals surface area contributed by atoms with E-state index in [2.05, 4.69) is 91.2 Å². The molecule has 0 atom stereocenters. The summed E-state index contributed by atoms with van der Waals surface area (Å²) in [5.41, 5.74) is 8.18. The molecule has 2 aromatic carbocycles. The van der Waals surface area contributed by atoms with Gasteiger partial charge in [-0.2, -0.15) is 0 Å². The first kappa shape index (κ1) is 29.9. The molecule has 0 amide bonds. The Hall–Kier alpha value is -3.70. The number of aryl methyl sites for hydroxylation is 2. The first-order valence-electron chi connectivity index (χ1n) is 13.4. The highest BCUT2D eigenvalue weighted by Gasteiger charge is 2.14. The summed E-state index contributed by atoms with van der Waals surface area (Å²) in [5, 5.41) is 6.36. The van der Waals surface area contributed by atoms with Gasteiger partial charge in [0.2, 0.25) is 0 Å². The molecule has 1 heterocycles. The second-order valence-electron chi connectivity index (χ2n) is 9.71. The maximum Gasteiger partial charge on any atom is 0.186 e. The molecule has 204 valence electrons. The molecule has 39 heavy (non-hydrogen) atoms. The van der Waals surface area contributed by atoms with E-state index in [1.165, 1.54) is 22.8 Å². The summed E-state index contributed by atoms with van der Waals surface area (Å²) >= 11 is 1.62. The van der Waals surface area contributed by atoms with Gasteiger partial charge >= 0.3 is 0 Å². The van der Waals surface area contributed by atoms with Crippen LogP contribution in [0.15, 0.2) is 108 Å². The lowest BCUT2D eigenvalue weighted by Crippen LogP contribution is -2.27. The van der Waals surface area contributed by atoms with Crippen molar-refractivity contribution in [3.63, 3.8) is 0 Å². The lowest BCUT2D eigenvalue weighted by molar-refractivity contribution is 0.619. The summed E-state index contributed by atoms with van der Waals surface area (Å²) in [5.74, 6) is -0.197. The van der Waals surface area contributed by atoms with Crippen molar-refractivity contribution in [2.75, 3.05) is 24.5 Å². The number of nitrogens with one attached hydrogen (secondary N) is 1. The Morgan fingerprint density at radius 1 is 1.15 bits per heavy atom. The van der Waals surface area contributed by atoms with Crippen molar-refractivity contribution in [1.29, 1.82) is 0 Å². The molecule has 0 saturated carbocycles. The number of aromatic nitrogens is 1. The van der Waals surface area contributed by atoms with Crippen molar-refractivity contribution in [3.05, 3.63) is 131 Å². The fourth-order valence-electron chi connectivity index (χ4n) is 4.11. The van der Waals surface area contributed by atoms with Crippen molar-refractivity contribution >= 4 is 16.5 Å². The van der Waals surface area contributed by atoms with Crippen LogP contribution in [0.5, 0.6) is 0 Å². The topological polar surface area (TPSA) is 28.2 Å². The third-order valence-corrected chi connectivity index (χ3v) is 7.34. The molecule has 3 rings (SSSR count). The van der Waals surface area contributed by atoms with Gasteiger partial charge in [-0.05, 0) is 81.0 Å². The molecule has 0 aliphatic heterocycles. The summed E-state index contributed by atoms with van der Waals surface area (Å²) in [6, 6.07) is 13.8. The van der Waals surface area contributed by atoms with Crippen LogP contribution in [-0.2, 0) is 6.42 Å². The van der Waals surface area contributed by atoms with Crippen LogP contribution in [0.25, 0.3) is 11.3 Å². The summed E-state index contributed by atoms with van der Waals surface area (Å²) in [6.07, 6.45) is 12.2. The molecule has 3 aromatic rings. The minimum Gasteiger partial charge on any atom is -0.385 e. The van der Waals surface area contributed by atoms with Crippen molar-refractivity contribution in [2.24, 2.45) is 0 Å². The Labute approximate surface area is 237 Å². The third-order valence-electron chi connectivity index (χ3n) is 6.43. The minimum atomic E-state index is -0.197. The molecule has 0 bridgehead atoms. The van der Waals surface area contributed by atoms with Gasteiger partial charge in [0, 0.05) is 36.3 Å². The highest BCUT2D eigenvalue weighted by Crippen LogP contribution is 2.29. The predicted octanol–water partition coefficient (Wildman–Crippen LogP) is 8.74. The van der Waals surface area contributed by atoms with E-state index in [0.29, 0.717) is 12.1 Å². The Kier molecular flexibility index (Phi) is 11.5. The lowest BCUT2D eigenvalue weighted by atomic mass is 10.1. The van der Waals surface area contributed by atoms with Gasteiger partial charge in [0.1, 0.15) is 5.82 Å². The Balaban J connectivity index is 1.87. The molecular formula is C34H40FN3S. The third kappa shape index (κ3) is 9.22. The molecule has 0 spiro atoms. The van der Waals surface area contributed by atoms with Crippen molar-refractivity contribution < 1.29 is 4.39 Å². The summed E-state index contributed by atoms with van der Waals surface area (Å²) in [4.78, 5) is 7.32. The molecule has 1 N–H and O–H groups in total. The molecule has 0 fully saturated rings. The van der Waals surface area contributed by atoms with E-state index in [1.807, 2.05) is 19.1 Å². The predicted molar refractivity (Wildman–Crippen MR) is 168 cm³/mol. The molecule has 0 radical (unpaired) electrons. The largest absolute Gasteiger partial charge is 0.385 e. The number of thiazole rings is 1. The van der Waals surface area contributed by atoms with E-state index in [1.54, 1.807) is 24.3 Å². The lowest BCUT2D eigenvalue weighted by Gasteiger charge is -2.23. The SMILES string of the molecule is C=CCCNC(=C)/C(C)=C/C=C(\C=C/C)CN(CCc1cccc(C)c1)c1nc(-c2ccc(F)c(C)c2)cs1. The van der Waals surface area contributed by atoms with Gasteiger partial charge in [0.25, 0.3) is 0 Å². The van der Waals surface area contributed by atoms with Gasteiger partial charge in [-0.15, -0.1) is 17.9 Å². The van der Waals surface area contributed by atoms with E-state index >= 15 is 0 Å². The number of nitrogens with zero attached hydrogens (tertiary/aromatic N) is 2. The molecule has 0 aliphatic rings. The van der Waals surface area contributed by atoms with Crippen LogP contribution in [-0.4, -0.2) is 24.6 Å². The Morgan fingerprint density at radius 2 is 1.97 bits per heavy atom. The van der Waals surface area contributed by atoms with Crippen LogP contribution in [0.4, 0.5) is 9.52 Å². The molecule has 0 saturated heterocycles. The second kappa shape index (κ2) is 15.0. The fourth-order valence-corrected chi connectivity index (χ4v) is 4.97. The summed E-state index contributed by atoms with van der Waals surface area (Å²) < 4.78 is 13.9. The number of hydrogen-bond donors (Lipinski definition) is 1. The van der Waals surface area contributed by atoms with E-state index in [0.717, 1.165) is 53.6 Å². The smallest absolute Gasteiger partial charge is 0.186 e. The molecule has 3 nitrogen and oxygen atoms in total. The summed E-state index contributed by atoms with van der Waals surface area (Å²) in [7, 11) is 0. The first-order chi connectivity index (χ1) is 18.8. The Bertz CT molecular complexity index is 1360. The van der Waals surface area contributed by atoms with Crippen LogP contribution in [0.1, 0.15) is 37.0 Å². The van der Waals surface area contributed by atoms with Crippen LogP contribution in [0.3, 0.4) is 0 Å². The number of rotatable bonds is 14. The molecule has 0 aliphatic carbocycles. The molecular weight excluding hydrogens is 501 g/mol. The van der Waals surface area contributed by atoms with E-state index in [9.17, 15) is 4.39 Å². The number of halogens is 1. The molecule has 0 unspecified atom stereocenters. The van der Waals surface area contributed by atoms with E-state index < -0.39 is 0 Å². The van der Waals surface area contributed by atoms with Crippen molar-refractivity contribution in [3.8, 4) is 11.3 Å². The Morgan fingerprint density at radius 3 is 2.69 bits per heavy atom. The van der Waals surface area contributed by atoms with Gasteiger partial charge in [-0.1, -0.05) is 66.8 Å². The average molecular weight is 542 g/mol. The van der Waals surface area contributed by atoms with Gasteiger partial charge in [0.05, 0.1) is 5.69 Å². The van der Waals surface area contributed by atoms with Gasteiger partial charge in [-0.3, -0.25) is 0 Å². The zero-order valence-electron chi connectivity index (χ0n) is 23.6. The highest BCUT2D eigenvalue weighted by molar-refractivity contribution is 7.14. The highest BCUT2D eigenvalue weighted by atomic mass is 32.1. The number of benzene rings is 2. The standard InChI is InChI=1S/C34H40FN3S/c1-7-9-19-36-28(6)26(4)14-15-30(11-8-2)23-38(20-18-29-13-10-12-25(3)21-29)34-37-33(24-39-34)31-16-17-32(35)27(5)22-31/h7-8,10-17,21-22,24,36H,1,6,9,18-20,23H2,2-5H3/b11-8-,26-14+,30-15+. The van der Waals surface area contributed by atoms with Crippen LogP contribution in [0, 0.1) is 19.7 Å². The van der Waals surface area contributed by atoms with Crippen LogP contribution < -0.4 is 10.2 Å². The molecule has 5 heteroatoms. The molecule has 1 aromatic heterocycles. The number of allylic oxidation sites excluding steroid dienone is 4. The normalized spacial score (nSPS) is 12.1. The van der Waals surface area contributed by atoms with Crippen LogP contribution >= 0.6 is 11.3 Å². The van der Waals surface area contributed by atoms with Crippen molar-refractivity contribution in [1.82, 2.24) is 10.3 Å². The zero-order valence-corrected chi connectivity index (χ0v) is 24.5. The van der Waals surface area contributed by atoms with E-state index in [-0.39, 0.29) is 5.82 Å². The minimum absolute atomic E-state index is 0.197. The quantitative estimate of drug-likeness (QED) is 0.126. The second-order valence-corrected chi connectivity index (χ2v) is 10.6.